The molecule has 0 aliphatic carbocycles. The van der Waals surface area contributed by atoms with Crippen LogP contribution < -0.4 is 14.4 Å². The molecule has 3 heterocycles. The molecule has 11 heteroatoms. The van der Waals surface area contributed by atoms with Gasteiger partial charge in [-0.15, -0.1) is 0 Å². The standard InChI is InChI=1S/C32H29N5O5S/c1-18-10-12-19(13-11-18)30-29(32(38)33-2)22-15-21(26(17-27(22)42-30)37(3)43(5,39)40)31-35-25(16-28(36-31)41-4)24-14-20-8-6-7-9-23(20)34-24/h6-17,34H,1-5H3,(H,33,38). The number of H-pyrrole nitrogens is 1. The lowest BCUT2D eigenvalue weighted by atomic mass is 10.0. The summed E-state index contributed by atoms with van der Waals surface area (Å²) in [5.41, 5.74) is 5.28. The minimum absolute atomic E-state index is 0.210. The molecule has 0 spiro atoms. The maximum atomic E-state index is 13.3. The van der Waals surface area contributed by atoms with Gasteiger partial charge in [0.2, 0.25) is 15.9 Å². The van der Waals surface area contributed by atoms with Crippen LogP contribution in [0.2, 0.25) is 0 Å². The Morgan fingerprint density at radius 2 is 1.77 bits per heavy atom. The van der Waals surface area contributed by atoms with Crippen molar-refractivity contribution in [1.29, 1.82) is 0 Å². The first kappa shape index (κ1) is 28.0. The first-order valence-electron chi connectivity index (χ1n) is 13.4. The Hall–Kier alpha value is -5.16. The number of furan rings is 1. The number of amides is 1. The number of aromatic nitrogens is 3. The zero-order chi connectivity index (χ0) is 30.5. The third kappa shape index (κ3) is 5.08. The van der Waals surface area contributed by atoms with E-state index in [-0.39, 0.29) is 23.3 Å². The second kappa shape index (κ2) is 10.6. The second-order valence-electron chi connectivity index (χ2n) is 10.2. The Morgan fingerprint density at radius 3 is 2.44 bits per heavy atom. The number of para-hydroxylation sites is 1. The molecule has 0 aliphatic heterocycles. The van der Waals surface area contributed by atoms with Crippen molar-refractivity contribution in [3.05, 3.63) is 83.9 Å². The number of carbonyl (C=O) groups excluding carboxylic acids is 1. The number of hydrogen-bond acceptors (Lipinski definition) is 7. The van der Waals surface area contributed by atoms with Gasteiger partial charge in [-0.1, -0.05) is 48.0 Å². The zero-order valence-corrected chi connectivity index (χ0v) is 25.0. The molecule has 0 saturated carbocycles. The fourth-order valence-corrected chi connectivity index (χ4v) is 5.52. The number of hydrogen-bond donors (Lipinski definition) is 2. The highest BCUT2D eigenvalue weighted by Crippen LogP contribution is 2.41. The summed E-state index contributed by atoms with van der Waals surface area (Å²) in [4.78, 5) is 26.1. The molecule has 6 aromatic rings. The molecule has 6 rings (SSSR count). The molecule has 0 atom stereocenters. The highest BCUT2D eigenvalue weighted by molar-refractivity contribution is 7.92. The molecule has 43 heavy (non-hydrogen) atoms. The maximum Gasteiger partial charge on any atom is 0.255 e. The van der Waals surface area contributed by atoms with Crippen LogP contribution >= 0.6 is 0 Å². The van der Waals surface area contributed by atoms with Crippen LogP contribution in [-0.2, 0) is 10.0 Å². The van der Waals surface area contributed by atoms with E-state index in [9.17, 15) is 13.2 Å². The van der Waals surface area contributed by atoms with Crippen molar-refractivity contribution in [2.24, 2.45) is 0 Å². The molecule has 2 N–H and O–H groups in total. The van der Waals surface area contributed by atoms with Crippen LogP contribution in [0.3, 0.4) is 0 Å². The van der Waals surface area contributed by atoms with E-state index in [2.05, 4.69) is 15.3 Å². The number of aromatic amines is 1. The predicted octanol–water partition coefficient (Wildman–Crippen LogP) is 5.78. The number of aryl methyl sites for hydroxylation is 1. The summed E-state index contributed by atoms with van der Waals surface area (Å²) in [5.74, 6) is 0.506. The van der Waals surface area contributed by atoms with Crippen molar-refractivity contribution in [3.63, 3.8) is 0 Å². The number of methoxy groups -OCH3 is 1. The van der Waals surface area contributed by atoms with Crippen molar-refractivity contribution in [1.82, 2.24) is 20.3 Å². The van der Waals surface area contributed by atoms with Gasteiger partial charge in [0, 0.05) is 53.6 Å². The fraction of sp³-hybridized carbons (Fsp3) is 0.156. The summed E-state index contributed by atoms with van der Waals surface area (Å²) in [6, 6.07) is 22.4. The van der Waals surface area contributed by atoms with E-state index < -0.39 is 10.0 Å². The molecule has 0 saturated heterocycles. The molecule has 10 nitrogen and oxygen atoms in total. The normalized spacial score (nSPS) is 11.7. The number of benzene rings is 3. The van der Waals surface area contributed by atoms with Gasteiger partial charge in [0.15, 0.2) is 5.82 Å². The van der Waals surface area contributed by atoms with Crippen molar-refractivity contribution >= 4 is 43.5 Å². The van der Waals surface area contributed by atoms with Crippen LogP contribution in [0.4, 0.5) is 5.69 Å². The summed E-state index contributed by atoms with van der Waals surface area (Å²) in [5, 5.41) is 4.19. The molecule has 0 radical (unpaired) electrons. The van der Waals surface area contributed by atoms with Gasteiger partial charge in [-0.05, 0) is 25.1 Å². The number of rotatable bonds is 7. The summed E-state index contributed by atoms with van der Waals surface area (Å²) in [6.45, 7) is 1.97. The van der Waals surface area contributed by atoms with Crippen molar-refractivity contribution in [2.75, 3.05) is 31.8 Å². The fourth-order valence-electron chi connectivity index (χ4n) is 5.01. The van der Waals surface area contributed by atoms with Crippen LogP contribution in [-0.4, -0.2) is 56.7 Å². The molecule has 0 unspecified atom stereocenters. The van der Waals surface area contributed by atoms with Gasteiger partial charge in [0.05, 0.1) is 36.0 Å². The number of anilines is 1. The Labute approximate surface area is 248 Å². The van der Waals surface area contributed by atoms with Gasteiger partial charge >= 0.3 is 0 Å². The van der Waals surface area contributed by atoms with E-state index >= 15 is 0 Å². The van der Waals surface area contributed by atoms with Crippen molar-refractivity contribution in [2.45, 2.75) is 6.92 Å². The smallest absolute Gasteiger partial charge is 0.255 e. The van der Waals surface area contributed by atoms with Crippen LogP contribution in [0.15, 0.2) is 77.2 Å². The lowest BCUT2D eigenvalue weighted by Gasteiger charge is -2.20. The number of sulfonamides is 1. The van der Waals surface area contributed by atoms with E-state index in [0.29, 0.717) is 39.1 Å². The summed E-state index contributed by atoms with van der Waals surface area (Å²) in [6.07, 6.45) is 1.11. The summed E-state index contributed by atoms with van der Waals surface area (Å²) < 4.78 is 38.5. The molecule has 0 bridgehead atoms. The van der Waals surface area contributed by atoms with Gasteiger partial charge < -0.3 is 19.5 Å². The Bertz CT molecular complexity index is 2100. The third-order valence-corrected chi connectivity index (χ3v) is 8.56. The van der Waals surface area contributed by atoms with Crippen molar-refractivity contribution < 1.29 is 22.4 Å². The summed E-state index contributed by atoms with van der Waals surface area (Å²) in [7, 11) is 0.782. The van der Waals surface area contributed by atoms with Crippen LogP contribution in [0.1, 0.15) is 15.9 Å². The van der Waals surface area contributed by atoms with Crippen LogP contribution in [0, 0.1) is 6.92 Å². The van der Waals surface area contributed by atoms with E-state index in [1.165, 1.54) is 14.2 Å². The highest BCUT2D eigenvalue weighted by Gasteiger charge is 2.27. The topological polar surface area (TPSA) is 130 Å². The summed E-state index contributed by atoms with van der Waals surface area (Å²) >= 11 is 0. The quantitative estimate of drug-likeness (QED) is 0.239. The number of nitrogens with zero attached hydrogens (tertiary/aromatic N) is 3. The Morgan fingerprint density at radius 1 is 1.02 bits per heavy atom. The third-order valence-electron chi connectivity index (χ3n) is 7.37. The van der Waals surface area contributed by atoms with Gasteiger partial charge in [-0.2, -0.15) is 4.98 Å². The van der Waals surface area contributed by atoms with Crippen LogP contribution in [0.25, 0.3) is 56.0 Å². The van der Waals surface area contributed by atoms with Gasteiger partial charge in [-0.3, -0.25) is 9.10 Å². The SMILES string of the molecule is CNC(=O)c1c(-c2ccc(C)cc2)oc2cc(N(C)S(C)(=O)=O)c(-c3nc(OC)cc(-c4cc5ccccc5[nH]4)n3)cc12. The minimum Gasteiger partial charge on any atom is -0.481 e. The molecule has 1 amide bonds. The number of nitrogens with one attached hydrogen (secondary N) is 2. The Balaban J connectivity index is 1.64. The first-order valence-corrected chi connectivity index (χ1v) is 15.3. The predicted molar refractivity (Wildman–Crippen MR) is 168 cm³/mol. The van der Waals surface area contributed by atoms with E-state index in [4.69, 9.17) is 14.1 Å². The average molecular weight is 596 g/mol. The Kier molecular flexibility index (Phi) is 6.89. The van der Waals surface area contributed by atoms with Crippen LogP contribution in [0.5, 0.6) is 5.88 Å². The lowest BCUT2D eigenvalue weighted by Crippen LogP contribution is -2.25. The minimum atomic E-state index is -3.71. The first-order chi connectivity index (χ1) is 20.6. The number of carbonyl (C=O) groups is 1. The van der Waals surface area contributed by atoms with E-state index in [0.717, 1.165) is 32.7 Å². The highest BCUT2D eigenvalue weighted by atomic mass is 32.2. The maximum absolute atomic E-state index is 13.3. The monoisotopic (exact) mass is 595 g/mol. The van der Waals surface area contributed by atoms with Gasteiger partial charge in [0.1, 0.15) is 11.3 Å². The van der Waals surface area contributed by atoms with Crippen molar-refractivity contribution in [3.8, 4) is 40.0 Å². The molecule has 3 aromatic carbocycles. The molecular weight excluding hydrogens is 566 g/mol. The number of fused-ring (bicyclic) bond motifs is 2. The number of ether oxygens (including phenoxy) is 1. The molecule has 0 aliphatic rings. The molecule has 3 aromatic heterocycles. The van der Waals surface area contributed by atoms with E-state index in [1.54, 1.807) is 25.2 Å². The molecule has 0 fully saturated rings. The van der Waals surface area contributed by atoms with E-state index in [1.807, 2.05) is 61.5 Å². The zero-order valence-electron chi connectivity index (χ0n) is 24.2. The van der Waals surface area contributed by atoms with Gasteiger partial charge in [-0.25, -0.2) is 13.4 Å². The lowest BCUT2D eigenvalue weighted by molar-refractivity contribution is 0.0964. The molecule has 218 valence electrons. The second-order valence-corrected chi connectivity index (χ2v) is 12.3. The largest absolute Gasteiger partial charge is 0.481 e. The molecular formula is C32H29N5O5S. The average Bonchev–Trinajstić information content (AvgIpc) is 3.61. The van der Waals surface area contributed by atoms with Gasteiger partial charge in [0.25, 0.3) is 5.91 Å².